The summed E-state index contributed by atoms with van der Waals surface area (Å²) in [5, 5.41) is 0. The first kappa shape index (κ1) is 10.2. The Bertz CT molecular complexity index is 394. The first-order valence-corrected chi connectivity index (χ1v) is 6.06. The second kappa shape index (κ2) is 3.54. The van der Waals surface area contributed by atoms with Crippen LogP contribution < -0.4 is 0 Å². The van der Waals surface area contributed by atoms with Crippen LogP contribution in [0.2, 0.25) is 0 Å². The van der Waals surface area contributed by atoms with Gasteiger partial charge in [0.15, 0.2) is 0 Å². The van der Waals surface area contributed by atoms with Crippen molar-refractivity contribution in [2.75, 3.05) is 27.2 Å². The average Bonchev–Trinajstić information content (AvgIpc) is 2.57. The fourth-order valence-electron chi connectivity index (χ4n) is 3.21. The van der Waals surface area contributed by atoms with E-state index in [1.54, 1.807) is 0 Å². The van der Waals surface area contributed by atoms with E-state index in [-0.39, 0.29) is 5.54 Å². The lowest BCUT2D eigenvalue weighted by molar-refractivity contribution is 0.0576. The van der Waals surface area contributed by atoms with Crippen LogP contribution >= 0.6 is 0 Å². The molecule has 3 heterocycles. The second-order valence-corrected chi connectivity index (χ2v) is 5.19. The molecule has 1 aromatic heterocycles. The number of hydrogen-bond donors (Lipinski definition) is 0. The minimum atomic E-state index is 0.274. The SMILES string of the molecule is CN1CCC2(CC1)c1cccnc1CN2C. The van der Waals surface area contributed by atoms with Gasteiger partial charge >= 0.3 is 0 Å². The Morgan fingerprint density at radius 3 is 2.75 bits per heavy atom. The number of hydrogen-bond acceptors (Lipinski definition) is 3. The molecule has 16 heavy (non-hydrogen) atoms. The predicted octanol–water partition coefficient (Wildman–Crippen LogP) is 1.45. The summed E-state index contributed by atoms with van der Waals surface area (Å²) in [5.41, 5.74) is 3.04. The third-order valence-corrected chi connectivity index (χ3v) is 4.32. The van der Waals surface area contributed by atoms with Gasteiger partial charge in [-0.3, -0.25) is 9.88 Å². The highest BCUT2D eigenvalue weighted by Gasteiger charge is 2.44. The van der Waals surface area contributed by atoms with Gasteiger partial charge in [-0.15, -0.1) is 0 Å². The zero-order valence-electron chi connectivity index (χ0n) is 10.1. The van der Waals surface area contributed by atoms with E-state index in [9.17, 15) is 0 Å². The standard InChI is InChI=1S/C13H19N3/c1-15-8-5-13(6-9-15)11-4-3-7-14-12(11)10-16(13)2/h3-4,7H,5-6,8-10H2,1-2H3. The number of rotatable bonds is 0. The average molecular weight is 217 g/mol. The third kappa shape index (κ3) is 1.31. The molecule has 1 spiro atoms. The molecule has 0 N–H and O–H groups in total. The lowest BCUT2D eigenvalue weighted by Crippen LogP contribution is -2.47. The fourth-order valence-corrected chi connectivity index (χ4v) is 3.21. The van der Waals surface area contributed by atoms with Gasteiger partial charge in [0.2, 0.25) is 0 Å². The summed E-state index contributed by atoms with van der Waals surface area (Å²) < 4.78 is 0. The largest absolute Gasteiger partial charge is 0.306 e. The molecule has 0 saturated carbocycles. The van der Waals surface area contributed by atoms with Crippen LogP contribution in [0.15, 0.2) is 18.3 Å². The molecule has 2 aliphatic rings. The number of pyridine rings is 1. The molecule has 0 aromatic carbocycles. The molecular formula is C13H19N3. The maximum Gasteiger partial charge on any atom is 0.0594 e. The minimum absolute atomic E-state index is 0.274. The molecule has 0 aliphatic carbocycles. The lowest BCUT2D eigenvalue weighted by Gasteiger charge is -2.43. The van der Waals surface area contributed by atoms with Crippen LogP contribution in [0.1, 0.15) is 24.1 Å². The Morgan fingerprint density at radius 2 is 2.00 bits per heavy atom. The molecule has 1 fully saturated rings. The smallest absolute Gasteiger partial charge is 0.0594 e. The van der Waals surface area contributed by atoms with Gasteiger partial charge in [0.1, 0.15) is 0 Å². The number of fused-ring (bicyclic) bond motifs is 2. The van der Waals surface area contributed by atoms with Gasteiger partial charge in [-0.2, -0.15) is 0 Å². The topological polar surface area (TPSA) is 19.4 Å². The van der Waals surface area contributed by atoms with E-state index in [0.717, 1.165) is 6.54 Å². The normalized spacial score (nSPS) is 24.9. The summed E-state index contributed by atoms with van der Waals surface area (Å²) in [7, 11) is 4.46. The van der Waals surface area contributed by atoms with Gasteiger partial charge in [-0.1, -0.05) is 6.07 Å². The van der Waals surface area contributed by atoms with Crippen molar-refractivity contribution in [2.24, 2.45) is 0 Å². The zero-order valence-corrected chi connectivity index (χ0v) is 10.1. The van der Waals surface area contributed by atoms with E-state index in [1.165, 1.54) is 37.2 Å². The minimum Gasteiger partial charge on any atom is -0.306 e. The third-order valence-electron chi connectivity index (χ3n) is 4.32. The number of piperidine rings is 1. The molecule has 0 unspecified atom stereocenters. The summed E-state index contributed by atoms with van der Waals surface area (Å²) in [4.78, 5) is 9.44. The van der Waals surface area contributed by atoms with Crippen LogP contribution in [0, 0.1) is 0 Å². The van der Waals surface area contributed by atoms with Crippen molar-refractivity contribution in [3.05, 3.63) is 29.6 Å². The lowest BCUT2D eigenvalue weighted by atomic mass is 9.82. The quantitative estimate of drug-likeness (QED) is 0.655. The molecule has 1 aromatic rings. The van der Waals surface area contributed by atoms with Gasteiger partial charge in [-0.05, 0) is 51.7 Å². The van der Waals surface area contributed by atoms with E-state index >= 15 is 0 Å². The summed E-state index contributed by atoms with van der Waals surface area (Å²) in [6, 6.07) is 4.36. The van der Waals surface area contributed by atoms with Crippen LogP contribution in [0.4, 0.5) is 0 Å². The van der Waals surface area contributed by atoms with E-state index < -0.39 is 0 Å². The monoisotopic (exact) mass is 217 g/mol. The molecule has 3 rings (SSSR count). The maximum absolute atomic E-state index is 4.52. The first-order valence-electron chi connectivity index (χ1n) is 6.06. The van der Waals surface area contributed by atoms with Gasteiger partial charge in [0.05, 0.1) is 11.2 Å². The van der Waals surface area contributed by atoms with Gasteiger partial charge in [0, 0.05) is 12.7 Å². The van der Waals surface area contributed by atoms with Crippen molar-refractivity contribution in [1.82, 2.24) is 14.8 Å². The van der Waals surface area contributed by atoms with Crippen LogP contribution in [-0.2, 0) is 12.1 Å². The highest BCUT2D eigenvalue weighted by molar-refractivity contribution is 5.34. The Morgan fingerprint density at radius 1 is 1.25 bits per heavy atom. The second-order valence-electron chi connectivity index (χ2n) is 5.19. The van der Waals surface area contributed by atoms with E-state index in [4.69, 9.17) is 0 Å². The Labute approximate surface area is 97.1 Å². The Hall–Kier alpha value is -0.930. The van der Waals surface area contributed by atoms with Crippen LogP contribution in [-0.4, -0.2) is 42.0 Å². The first-order chi connectivity index (χ1) is 7.72. The molecule has 3 heteroatoms. The highest BCUT2D eigenvalue weighted by atomic mass is 15.2. The summed E-state index contributed by atoms with van der Waals surface area (Å²) in [6.07, 6.45) is 4.39. The molecule has 86 valence electrons. The molecule has 3 nitrogen and oxygen atoms in total. The van der Waals surface area contributed by atoms with E-state index in [2.05, 4.69) is 41.0 Å². The molecule has 0 radical (unpaired) electrons. The number of nitrogens with zero attached hydrogens (tertiary/aromatic N) is 3. The van der Waals surface area contributed by atoms with Crippen LogP contribution in [0.3, 0.4) is 0 Å². The van der Waals surface area contributed by atoms with Crippen molar-refractivity contribution < 1.29 is 0 Å². The fraction of sp³-hybridized carbons (Fsp3) is 0.615. The van der Waals surface area contributed by atoms with Gasteiger partial charge in [-0.25, -0.2) is 0 Å². The van der Waals surface area contributed by atoms with Crippen LogP contribution in [0.25, 0.3) is 0 Å². The molecule has 2 aliphatic heterocycles. The zero-order chi connectivity index (χ0) is 11.2. The maximum atomic E-state index is 4.52. The Balaban J connectivity index is 2.01. The van der Waals surface area contributed by atoms with E-state index in [0.29, 0.717) is 0 Å². The van der Waals surface area contributed by atoms with Crippen molar-refractivity contribution in [3.8, 4) is 0 Å². The Kier molecular flexibility index (Phi) is 2.26. The van der Waals surface area contributed by atoms with Crippen molar-refractivity contribution in [2.45, 2.75) is 24.9 Å². The number of aromatic nitrogens is 1. The predicted molar refractivity (Wildman–Crippen MR) is 64.1 cm³/mol. The van der Waals surface area contributed by atoms with Gasteiger partial charge < -0.3 is 4.90 Å². The molecular weight excluding hydrogens is 198 g/mol. The van der Waals surface area contributed by atoms with Gasteiger partial charge in [0.25, 0.3) is 0 Å². The summed E-state index contributed by atoms with van der Waals surface area (Å²) in [5.74, 6) is 0. The molecule has 0 amide bonds. The van der Waals surface area contributed by atoms with Crippen molar-refractivity contribution >= 4 is 0 Å². The van der Waals surface area contributed by atoms with Crippen LogP contribution in [0.5, 0.6) is 0 Å². The highest BCUT2D eigenvalue weighted by Crippen LogP contribution is 2.44. The van der Waals surface area contributed by atoms with Crippen molar-refractivity contribution in [3.63, 3.8) is 0 Å². The molecule has 0 bridgehead atoms. The molecule has 0 atom stereocenters. The summed E-state index contributed by atoms with van der Waals surface area (Å²) >= 11 is 0. The van der Waals surface area contributed by atoms with Crippen molar-refractivity contribution in [1.29, 1.82) is 0 Å². The van der Waals surface area contributed by atoms with E-state index in [1.807, 2.05) is 6.20 Å². The molecule has 1 saturated heterocycles. The number of likely N-dealkylation sites (tertiary alicyclic amines) is 1. The summed E-state index contributed by atoms with van der Waals surface area (Å²) in [6.45, 7) is 3.40.